The molecule has 1 fully saturated rings. The second kappa shape index (κ2) is 10.0. The molecule has 1 aliphatic heterocycles. The highest BCUT2D eigenvalue weighted by Gasteiger charge is 2.31. The molecule has 172 valence electrons. The molecule has 3 aromatic carbocycles. The fourth-order valence-corrected chi connectivity index (χ4v) is 3.77. The lowest BCUT2D eigenvalue weighted by Crippen LogP contribution is -2.30. The van der Waals surface area contributed by atoms with Gasteiger partial charge in [-0.2, -0.15) is 0 Å². The standard InChI is InChI=1S/C25H18ClFN2O4S/c1-32-22-13-15(10-11-21(22)33-24(31)17-7-3-5-9-19(17)27)12-20-23(30)29(25(34)28-20)14-16-6-2-4-8-18(16)26/h2-13H,14H2,1H3,(H,28,34)/b20-12-. The lowest BCUT2D eigenvalue weighted by molar-refractivity contribution is -0.122. The molecule has 0 atom stereocenters. The van der Waals surface area contributed by atoms with Crippen LogP contribution in [0.5, 0.6) is 11.5 Å². The summed E-state index contributed by atoms with van der Waals surface area (Å²) in [6, 6.07) is 17.5. The molecule has 1 amide bonds. The summed E-state index contributed by atoms with van der Waals surface area (Å²) in [5.74, 6) is -1.50. The monoisotopic (exact) mass is 496 g/mol. The Morgan fingerprint density at radius 3 is 2.59 bits per heavy atom. The van der Waals surface area contributed by atoms with Gasteiger partial charge in [-0.25, -0.2) is 9.18 Å². The highest BCUT2D eigenvalue weighted by atomic mass is 35.5. The van der Waals surface area contributed by atoms with Crippen molar-refractivity contribution in [3.63, 3.8) is 0 Å². The van der Waals surface area contributed by atoms with Crippen LogP contribution < -0.4 is 14.8 Å². The fourth-order valence-electron chi connectivity index (χ4n) is 3.32. The predicted octanol–water partition coefficient (Wildman–Crippen LogP) is 4.96. The van der Waals surface area contributed by atoms with E-state index in [1.807, 2.05) is 18.2 Å². The molecule has 0 unspecified atom stereocenters. The van der Waals surface area contributed by atoms with E-state index in [2.05, 4.69) is 5.32 Å². The third-order valence-electron chi connectivity index (χ3n) is 5.04. The summed E-state index contributed by atoms with van der Waals surface area (Å²) in [5, 5.41) is 3.72. The summed E-state index contributed by atoms with van der Waals surface area (Å²) < 4.78 is 24.5. The number of rotatable bonds is 6. The number of carbonyl (C=O) groups excluding carboxylic acids is 2. The van der Waals surface area contributed by atoms with Gasteiger partial charge < -0.3 is 14.8 Å². The Hall–Kier alpha value is -3.75. The minimum absolute atomic E-state index is 0.111. The fraction of sp³-hybridized carbons (Fsp3) is 0.0800. The molecule has 0 saturated carbocycles. The highest BCUT2D eigenvalue weighted by Crippen LogP contribution is 2.30. The zero-order chi connectivity index (χ0) is 24.2. The van der Waals surface area contributed by atoms with E-state index in [0.29, 0.717) is 10.6 Å². The predicted molar refractivity (Wildman–Crippen MR) is 130 cm³/mol. The Morgan fingerprint density at radius 2 is 1.85 bits per heavy atom. The molecule has 1 heterocycles. The summed E-state index contributed by atoms with van der Waals surface area (Å²) in [4.78, 5) is 26.7. The molecule has 0 aromatic heterocycles. The molecule has 0 spiro atoms. The highest BCUT2D eigenvalue weighted by molar-refractivity contribution is 7.80. The Morgan fingerprint density at radius 1 is 1.12 bits per heavy atom. The van der Waals surface area contributed by atoms with Crippen LogP contribution in [0.1, 0.15) is 21.5 Å². The summed E-state index contributed by atoms with van der Waals surface area (Å²) >= 11 is 11.5. The number of methoxy groups -OCH3 is 1. The zero-order valence-corrected chi connectivity index (χ0v) is 19.5. The van der Waals surface area contributed by atoms with Crippen LogP contribution >= 0.6 is 23.8 Å². The minimum Gasteiger partial charge on any atom is -0.493 e. The first-order valence-corrected chi connectivity index (χ1v) is 10.9. The van der Waals surface area contributed by atoms with Crippen molar-refractivity contribution in [2.45, 2.75) is 6.54 Å². The average Bonchev–Trinajstić information content (AvgIpc) is 3.08. The summed E-state index contributed by atoms with van der Waals surface area (Å²) in [5.41, 5.74) is 1.45. The Kier molecular flexibility index (Phi) is 6.90. The molecule has 9 heteroatoms. The number of hydrogen-bond donors (Lipinski definition) is 1. The molecule has 4 rings (SSSR count). The lowest BCUT2D eigenvalue weighted by atomic mass is 10.1. The normalized spacial score (nSPS) is 14.3. The van der Waals surface area contributed by atoms with Crippen LogP contribution in [0.4, 0.5) is 4.39 Å². The number of esters is 1. The minimum atomic E-state index is -0.851. The maximum absolute atomic E-state index is 13.9. The Balaban J connectivity index is 1.53. The maximum atomic E-state index is 13.9. The largest absolute Gasteiger partial charge is 0.493 e. The number of hydrogen-bond acceptors (Lipinski definition) is 5. The third-order valence-corrected chi connectivity index (χ3v) is 5.73. The van der Waals surface area contributed by atoms with Gasteiger partial charge in [0.25, 0.3) is 5.91 Å². The molecule has 0 aliphatic carbocycles. The van der Waals surface area contributed by atoms with Crippen molar-refractivity contribution < 1.29 is 23.5 Å². The molecule has 1 N–H and O–H groups in total. The molecular formula is C25H18ClFN2O4S. The van der Waals surface area contributed by atoms with Gasteiger partial charge >= 0.3 is 5.97 Å². The van der Waals surface area contributed by atoms with Gasteiger partial charge in [0.05, 0.1) is 19.2 Å². The van der Waals surface area contributed by atoms with Crippen molar-refractivity contribution >= 4 is 46.9 Å². The van der Waals surface area contributed by atoms with Crippen LogP contribution in [0.3, 0.4) is 0 Å². The molecule has 1 aliphatic rings. The summed E-state index contributed by atoms with van der Waals surface area (Å²) in [6.45, 7) is 0.232. The van der Waals surface area contributed by atoms with Crippen molar-refractivity contribution in [2.75, 3.05) is 7.11 Å². The van der Waals surface area contributed by atoms with E-state index in [0.717, 1.165) is 5.56 Å². The molecule has 6 nitrogen and oxygen atoms in total. The van der Waals surface area contributed by atoms with Crippen molar-refractivity contribution in [1.82, 2.24) is 10.2 Å². The van der Waals surface area contributed by atoms with Gasteiger partial charge in [-0.1, -0.05) is 48.0 Å². The van der Waals surface area contributed by atoms with E-state index in [9.17, 15) is 14.0 Å². The molecule has 0 bridgehead atoms. The Bertz CT molecular complexity index is 1330. The van der Waals surface area contributed by atoms with E-state index < -0.39 is 11.8 Å². The van der Waals surface area contributed by atoms with E-state index in [1.165, 1.54) is 42.3 Å². The van der Waals surface area contributed by atoms with Gasteiger partial charge in [0, 0.05) is 5.02 Å². The van der Waals surface area contributed by atoms with E-state index in [-0.39, 0.29) is 40.3 Å². The molecule has 34 heavy (non-hydrogen) atoms. The summed E-state index contributed by atoms with van der Waals surface area (Å²) in [7, 11) is 1.41. The number of nitrogens with one attached hydrogen (secondary N) is 1. The number of benzene rings is 3. The maximum Gasteiger partial charge on any atom is 0.346 e. The lowest BCUT2D eigenvalue weighted by Gasteiger charge is -2.14. The number of thiocarbonyl (C=S) groups is 1. The number of carbonyl (C=O) groups is 2. The molecule has 1 saturated heterocycles. The van der Waals surface area contributed by atoms with Crippen LogP contribution in [0.25, 0.3) is 6.08 Å². The van der Waals surface area contributed by atoms with Crippen molar-refractivity contribution in [2.24, 2.45) is 0 Å². The van der Waals surface area contributed by atoms with Crippen LogP contribution in [-0.4, -0.2) is 29.0 Å². The summed E-state index contributed by atoms with van der Waals surface area (Å²) in [6.07, 6.45) is 1.60. The first-order chi connectivity index (χ1) is 16.4. The number of nitrogens with zero attached hydrogens (tertiary/aromatic N) is 1. The first-order valence-electron chi connectivity index (χ1n) is 10.1. The smallest absolute Gasteiger partial charge is 0.346 e. The van der Waals surface area contributed by atoms with Gasteiger partial charge in [0.2, 0.25) is 0 Å². The van der Waals surface area contributed by atoms with Crippen molar-refractivity contribution in [3.05, 3.63) is 100.0 Å². The van der Waals surface area contributed by atoms with Crippen LogP contribution in [0.15, 0.2) is 72.4 Å². The van der Waals surface area contributed by atoms with Crippen LogP contribution in [0.2, 0.25) is 5.02 Å². The van der Waals surface area contributed by atoms with Crippen LogP contribution in [-0.2, 0) is 11.3 Å². The average molecular weight is 497 g/mol. The first kappa shape index (κ1) is 23.4. The SMILES string of the molecule is COc1cc(/C=C2\NC(=S)N(Cc3ccccc3Cl)C2=O)ccc1OC(=O)c1ccccc1F. The molecule has 3 aromatic rings. The second-order valence-electron chi connectivity index (χ2n) is 7.25. The topological polar surface area (TPSA) is 67.9 Å². The second-order valence-corrected chi connectivity index (χ2v) is 8.04. The number of amides is 1. The van der Waals surface area contributed by atoms with Gasteiger partial charge in [-0.05, 0) is 59.8 Å². The van der Waals surface area contributed by atoms with E-state index >= 15 is 0 Å². The third kappa shape index (κ3) is 4.93. The molecular weight excluding hydrogens is 479 g/mol. The number of halogens is 2. The molecule has 0 radical (unpaired) electrons. The quantitative estimate of drug-likeness (QED) is 0.225. The zero-order valence-electron chi connectivity index (χ0n) is 17.9. The van der Waals surface area contributed by atoms with Crippen LogP contribution in [0, 0.1) is 5.82 Å². The van der Waals surface area contributed by atoms with Crippen molar-refractivity contribution in [1.29, 1.82) is 0 Å². The van der Waals surface area contributed by atoms with Gasteiger partial charge in [0.15, 0.2) is 16.6 Å². The van der Waals surface area contributed by atoms with Gasteiger partial charge in [-0.15, -0.1) is 0 Å². The van der Waals surface area contributed by atoms with E-state index in [1.54, 1.807) is 24.3 Å². The number of ether oxygens (including phenoxy) is 2. The Labute approximate surface area is 205 Å². The van der Waals surface area contributed by atoms with Gasteiger partial charge in [0.1, 0.15) is 11.5 Å². The van der Waals surface area contributed by atoms with E-state index in [4.69, 9.17) is 33.3 Å². The van der Waals surface area contributed by atoms with Crippen molar-refractivity contribution in [3.8, 4) is 11.5 Å². The van der Waals surface area contributed by atoms with Gasteiger partial charge in [-0.3, -0.25) is 9.69 Å².